The molecule has 23 heavy (non-hydrogen) atoms. The van der Waals surface area contributed by atoms with E-state index >= 15 is 0 Å². The highest BCUT2D eigenvalue weighted by Gasteiger charge is 2.22. The molecule has 3 rings (SSSR count). The van der Waals surface area contributed by atoms with E-state index in [4.69, 9.17) is 9.15 Å². The van der Waals surface area contributed by atoms with E-state index in [-0.39, 0.29) is 5.91 Å². The number of rotatable bonds is 5. The molecule has 0 aliphatic rings. The Labute approximate surface area is 133 Å². The molecule has 0 fully saturated rings. The van der Waals surface area contributed by atoms with Crippen LogP contribution in [0.3, 0.4) is 0 Å². The van der Waals surface area contributed by atoms with Crippen LogP contribution in [-0.4, -0.2) is 22.6 Å². The predicted molar refractivity (Wildman–Crippen MR) is 84.2 cm³/mol. The maximum absolute atomic E-state index is 12.4. The van der Waals surface area contributed by atoms with Crippen molar-refractivity contribution in [3.05, 3.63) is 72.2 Å². The van der Waals surface area contributed by atoms with Gasteiger partial charge in [0.1, 0.15) is 23.9 Å². The fourth-order valence-electron chi connectivity index (χ4n) is 2.38. The van der Waals surface area contributed by atoms with Gasteiger partial charge in [-0.05, 0) is 23.8 Å². The van der Waals surface area contributed by atoms with Gasteiger partial charge in [0, 0.05) is 19.4 Å². The lowest BCUT2D eigenvalue weighted by Crippen LogP contribution is -2.30. The SMILES string of the molecule is COc1cccc(C(NC(=O)c2ccoc2)c2nccn2C)c1. The van der Waals surface area contributed by atoms with Crippen LogP contribution in [0.25, 0.3) is 0 Å². The van der Waals surface area contributed by atoms with Gasteiger partial charge < -0.3 is 19.0 Å². The van der Waals surface area contributed by atoms with Crippen molar-refractivity contribution in [1.82, 2.24) is 14.9 Å². The monoisotopic (exact) mass is 311 g/mol. The summed E-state index contributed by atoms with van der Waals surface area (Å²) in [6, 6.07) is 8.78. The van der Waals surface area contributed by atoms with Crippen LogP contribution < -0.4 is 10.1 Å². The van der Waals surface area contributed by atoms with Crippen molar-refractivity contribution in [2.75, 3.05) is 7.11 Å². The molecule has 0 bridgehead atoms. The number of methoxy groups -OCH3 is 1. The summed E-state index contributed by atoms with van der Waals surface area (Å²) in [7, 11) is 3.50. The molecule has 0 saturated heterocycles. The summed E-state index contributed by atoms with van der Waals surface area (Å²) in [5, 5.41) is 2.99. The molecule has 1 N–H and O–H groups in total. The van der Waals surface area contributed by atoms with Crippen LogP contribution in [0.5, 0.6) is 5.75 Å². The number of hydrogen-bond acceptors (Lipinski definition) is 4. The number of nitrogens with zero attached hydrogens (tertiary/aromatic N) is 2. The number of aryl methyl sites for hydroxylation is 1. The molecule has 0 aliphatic heterocycles. The van der Waals surface area contributed by atoms with Crippen molar-refractivity contribution in [2.24, 2.45) is 7.05 Å². The minimum absolute atomic E-state index is 0.227. The number of carbonyl (C=O) groups excluding carboxylic acids is 1. The zero-order valence-corrected chi connectivity index (χ0v) is 12.9. The molecule has 2 aromatic heterocycles. The summed E-state index contributed by atoms with van der Waals surface area (Å²) in [5.41, 5.74) is 1.35. The first kappa shape index (κ1) is 14.9. The van der Waals surface area contributed by atoms with Crippen LogP contribution >= 0.6 is 0 Å². The first-order valence-corrected chi connectivity index (χ1v) is 7.13. The van der Waals surface area contributed by atoms with Crippen LogP contribution in [0.1, 0.15) is 27.8 Å². The Kier molecular flexibility index (Phi) is 4.14. The normalized spacial score (nSPS) is 11.9. The van der Waals surface area contributed by atoms with Crippen LogP contribution in [0.15, 0.2) is 59.7 Å². The first-order chi connectivity index (χ1) is 11.2. The summed E-state index contributed by atoms with van der Waals surface area (Å²) in [4.78, 5) is 16.8. The number of furan rings is 1. The molecular formula is C17H17N3O3. The maximum Gasteiger partial charge on any atom is 0.255 e. The highest BCUT2D eigenvalue weighted by Crippen LogP contribution is 2.24. The minimum atomic E-state index is -0.396. The number of benzene rings is 1. The summed E-state index contributed by atoms with van der Waals surface area (Å²) in [6.07, 6.45) is 6.42. The van der Waals surface area contributed by atoms with Crippen LogP contribution in [0, 0.1) is 0 Å². The van der Waals surface area contributed by atoms with E-state index in [2.05, 4.69) is 10.3 Å². The second-order valence-electron chi connectivity index (χ2n) is 5.09. The fourth-order valence-corrected chi connectivity index (χ4v) is 2.38. The van der Waals surface area contributed by atoms with Gasteiger partial charge in [0.25, 0.3) is 5.91 Å². The number of hydrogen-bond donors (Lipinski definition) is 1. The second-order valence-corrected chi connectivity index (χ2v) is 5.09. The molecule has 1 unspecified atom stereocenters. The number of imidazole rings is 1. The van der Waals surface area contributed by atoms with E-state index in [9.17, 15) is 4.79 Å². The van der Waals surface area contributed by atoms with Gasteiger partial charge in [-0.2, -0.15) is 0 Å². The quantitative estimate of drug-likeness (QED) is 0.786. The molecule has 6 heteroatoms. The lowest BCUT2D eigenvalue weighted by Gasteiger charge is -2.19. The van der Waals surface area contributed by atoms with E-state index in [1.165, 1.54) is 12.5 Å². The van der Waals surface area contributed by atoms with Gasteiger partial charge in [-0.25, -0.2) is 4.98 Å². The number of nitrogens with one attached hydrogen (secondary N) is 1. The number of carbonyl (C=O) groups is 1. The van der Waals surface area contributed by atoms with E-state index in [0.717, 1.165) is 17.1 Å². The molecule has 2 heterocycles. The Morgan fingerprint density at radius 3 is 2.91 bits per heavy atom. The zero-order chi connectivity index (χ0) is 16.2. The standard InChI is InChI=1S/C17H17N3O3/c1-20-8-7-18-16(20)15(12-4-3-5-14(10-12)22-2)19-17(21)13-6-9-23-11-13/h3-11,15H,1-2H3,(H,19,21). The van der Waals surface area contributed by atoms with Crippen molar-refractivity contribution in [3.63, 3.8) is 0 Å². The van der Waals surface area contributed by atoms with E-state index < -0.39 is 6.04 Å². The molecule has 0 spiro atoms. The first-order valence-electron chi connectivity index (χ1n) is 7.13. The molecule has 0 radical (unpaired) electrons. The van der Waals surface area contributed by atoms with Crippen LogP contribution in [0.2, 0.25) is 0 Å². The molecule has 1 amide bonds. The predicted octanol–water partition coefficient (Wildman–Crippen LogP) is 2.54. The largest absolute Gasteiger partial charge is 0.497 e. The summed E-state index contributed by atoms with van der Waals surface area (Å²) < 4.78 is 12.1. The van der Waals surface area contributed by atoms with E-state index in [1.54, 1.807) is 19.4 Å². The summed E-state index contributed by atoms with van der Waals surface area (Å²) in [6.45, 7) is 0. The topological polar surface area (TPSA) is 69.3 Å². The third-order valence-corrected chi connectivity index (χ3v) is 3.60. The molecule has 0 aliphatic carbocycles. The van der Waals surface area contributed by atoms with Crippen molar-refractivity contribution >= 4 is 5.91 Å². The van der Waals surface area contributed by atoms with Crippen molar-refractivity contribution in [1.29, 1.82) is 0 Å². The molecule has 0 saturated carbocycles. The molecular weight excluding hydrogens is 294 g/mol. The van der Waals surface area contributed by atoms with Crippen LogP contribution in [-0.2, 0) is 7.05 Å². The van der Waals surface area contributed by atoms with Crippen molar-refractivity contribution in [3.8, 4) is 5.75 Å². The molecule has 1 aromatic carbocycles. The van der Waals surface area contributed by atoms with Gasteiger partial charge in [0.05, 0.1) is 18.9 Å². The van der Waals surface area contributed by atoms with Gasteiger partial charge in [-0.3, -0.25) is 4.79 Å². The Morgan fingerprint density at radius 2 is 2.26 bits per heavy atom. The van der Waals surface area contributed by atoms with Crippen molar-refractivity contribution < 1.29 is 13.9 Å². The minimum Gasteiger partial charge on any atom is -0.497 e. The van der Waals surface area contributed by atoms with Gasteiger partial charge >= 0.3 is 0 Å². The van der Waals surface area contributed by atoms with Crippen molar-refractivity contribution in [2.45, 2.75) is 6.04 Å². The Morgan fingerprint density at radius 1 is 1.39 bits per heavy atom. The fraction of sp³-hybridized carbons (Fsp3) is 0.176. The van der Waals surface area contributed by atoms with Gasteiger partial charge in [-0.1, -0.05) is 12.1 Å². The maximum atomic E-state index is 12.4. The molecule has 6 nitrogen and oxygen atoms in total. The third-order valence-electron chi connectivity index (χ3n) is 3.60. The smallest absolute Gasteiger partial charge is 0.255 e. The molecule has 1 atom stereocenters. The van der Waals surface area contributed by atoms with E-state index in [1.807, 2.05) is 42.1 Å². The van der Waals surface area contributed by atoms with Crippen LogP contribution in [0.4, 0.5) is 0 Å². The average molecular weight is 311 g/mol. The second kappa shape index (κ2) is 6.39. The van der Waals surface area contributed by atoms with Gasteiger partial charge in [-0.15, -0.1) is 0 Å². The number of ether oxygens (including phenoxy) is 1. The average Bonchev–Trinajstić information content (AvgIpc) is 3.24. The van der Waals surface area contributed by atoms with E-state index in [0.29, 0.717) is 5.56 Å². The highest BCUT2D eigenvalue weighted by atomic mass is 16.5. The Balaban J connectivity index is 1.97. The lowest BCUT2D eigenvalue weighted by molar-refractivity contribution is 0.0940. The zero-order valence-electron chi connectivity index (χ0n) is 12.9. The summed E-state index contributed by atoms with van der Waals surface area (Å²) in [5.74, 6) is 1.23. The molecule has 118 valence electrons. The Bertz CT molecular complexity index is 793. The van der Waals surface area contributed by atoms with Gasteiger partial charge in [0.2, 0.25) is 0 Å². The van der Waals surface area contributed by atoms with Gasteiger partial charge in [0.15, 0.2) is 0 Å². The third kappa shape index (κ3) is 3.11. The Hall–Kier alpha value is -3.02. The number of amides is 1. The highest BCUT2D eigenvalue weighted by molar-refractivity contribution is 5.94. The number of aromatic nitrogens is 2. The lowest BCUT2D eigenvalue weighted by atomic mass is 10.1. The summed E-state index contributed by atoms with van der Waals surface area (Å²) >= 11 is 0. The molecule has 3 aromatic rings.